The number of nitrogens with zero attached hydrogens (tertiary/aromatic N) is 1. The number of halogens is 2. The maximum absolute atomic E-state index is 13.3. The van der Waals surface area contributed by atoms with Crippen molar-refractivity contribution in [2.45, 2.75) is 6.42 Å². The highest BCUT2D eigenvalue weighted by Crippen LogP contribution is 2.23. The van der Waals surface area contributed by atoms with Crippen LogP contribution in [0.5, 0.6) is 0 Å². The predicted octanol–water partition coefficient (Wildman–Crippen LogP) is 3.52. The molecular weight excluding hydrogens is 251 g/mol. The van der Waals surface area contributed by atoms with E-state index in [-0.39, 0.29) is 11.3 Å². The van der Waals surface area contributed by atoms with Crippen molar-refractivity contribution in [3.05, 3.63) is 63.9 Å². The van der Waals surface area contributed by atoms with Gasteiger partial charge in [-0.05, 0) is 29.3 Å². The van der Waals surface area contributed by atoms with Gasteiger partial charge in [-0.15, -0.1) is 0 Å². The van der Waals surface area contributed by atoms with Crippen molar-refractivity contribution in [3.8, 4) is 6.07 Å². The molecule has 0 aliphatic heterocycles. The molecule has 90 valence electrons. The number of anilines is 1. The van der Waals surface area contributed by atoms with Gasteiger partial charge in [0.05, 0.1) is 17.3 Å². The lowest BCUT2D eigenvalue weighted by Gasteiger charge is -2.08. The van der Waals surface area contributed by atoms with Crippen LogP contribution in [0.25, 0.3) is 0 Å². The number of nitriles is 1. The molecule has 0 aromatic heterocycles. The van der Waals surface area contributed by atoms with Gasteiger partial charge in [-0.25, -0.2) is 4.39 Å². The molecule has 0 radical (unpaired) electrons. The van der Waals surface area contributed by atoms with E-state index in [4.69, 9.17) is 22.6 Å². The molecule has 18 heavy (non-hydrogen) atoms. The lowest BCUT2D eigenvalue weighted by atomic mass is 9.99. The fourth-order valence-corrected chi connectivity index (χ4v) is 1.94. The van der Waals surface area contributed by atoms with E-state index in [0.29, 0.717) is 17.0 Å². The molecule has 0 aliphatic rings. The maximum Gasteiger partial charge on any atom is 0.147 e. The topological polar surface area (TPSA) is 49.8 Å². The number of benzene rings is 2. The SMILES string of the molecule is N#Cc1cc(F)c(N)cc1Cc1ccccc1Cl. The third-order valence-corrected chi connectivity index (χ3v) is 3.05. The molecule has 4 heteroatoms. The smallest absolute Gasteiger partial charge is 0.147 e. The summed E-state index contributed by atoms with van der Waals surface area (Å²) in [7, 11) is 0. The molecule has 0 saturated carbocycles. The van der Waals surface area contributed by atoms with E-state index < -0.39 is 5.82 Å². The molecule has 0 aliphatic carbocycles. The average Bonchev–Trinajstić information content (AvgIpc) is 2.36. The average molecular weight is 261 g/mol. The largest absolute Gasteiger partial charge is 0.396 e. The van der Waals surface area contributed by atoms with Gasteiger partial charge in [0.25, 0.3) is 0 Å². The summed E-state index contributed by atoms with van der Waals surface area (Å²) in [6, 6.07) is 11.9. The summed E-state index contributed by atoms with van der Waals surface area (Å²) in [5, 5.41) is 9.61. The van der Waals surface area contributed by atoms with Crippen LogP contribution in [0.2, 0.25) is 5.02 Å². The van der Waals surface area contributed by atoms with Gasteiger partial charge in [-0.3, -0.25) is 0 Å². The lowest BCUT2D eigenvalue weighted by Crippen LogP contribution is -1.99. The van der Waals surface area contributed by atoms with E-state index in [1.54, 1.807) is 6.07 Å². The van der Waals surface area contributed by atoms with Crippen LogP contribution >= 0.6 is 11.6 Å². The Balaban J connectivity index is 2.44. The van der Waals surface area contributed by atoms with Crippen LogP contribution in [0, 0.1) is 17.1 Å². The first-order valence-corrected chi connectivity index (χ1v) is 5.71. The van der Waals surface area contributed by atoms with E-state index in [9.17, 15) is 4.39 Å². The molecule has 2 rings (SSSR count). The first-order chi connectivity index (χ1) is 8.61. The molecular formula is C14H10ClFN2. The Labute approximate surface area is 109 Å². The van der Waals surface area contributed by atoms with Gasteiger partial charge in [0, 0.05) is 11.4 Å². The number of hydrogen-bond donors (Lipinski definition) is 1. The monoisotopic (exact) mass is 260 g/mol. The summed E-state index contributed by atoms with van der Waals surface area (Å²) in [6.07, 6.45) is 0.451. The number of nitrogens with two attached hydrogens (primary N) is 1. The molecule has 2 aromatic carbocycles. The quantitative estimate of drug-likeness (QED) is 0.840. The van der Waals surface area contributed by atoms with E-state index in [0.717, 1.165) is 11.6 Å². The first kappa shape index (κ1) is 12.4. The molecule has 0 fully saturated rings. The highest BCUT2D eigenvalue weighted by molar-refractivity contribution is 6.31. The Morgan fingerprint density at radius 2 is 1.94 bits per heavy atom. The highest BCUT2D eigenvalue weighted by Gasteiger charge is 2.09. The normalized spacial score (nSPS) is 10.1. The summed E-state index contributed by atoms with van der Waals surface area (Å²) >= 11 is 6.05. The van der Waals surface area contributed by atoms with Gasteiger partial charge in [0.15, 0.2) is 0 Å². The first-order valence-electron chi connectivity index (χ1n) is 5.33. The van der Waals surface area contributed by atoms with Crippen LogP contribution in [0.3, 0.4) is 0 Å². The van der Waals surface area contributed by atoms with Gasteiger partial charge in [0.1, 0.15) is 5.82 Å². The summed E-state index contributed by atoms with van der Waals surface area (Å²) in [4.78, 5) is 0. The Morgan fingerprint density at radius 1 is 1.22 bits per heavy atom. The zero-order valence-corrected chi connectivity index (χ0v) is 10.2. The second-order valence-electron chi connectivity index (χ2n) is 3.91. The van der Waals surface area contributed by atoms with E-state index in [1.165, 1.54) is 6.07 Å². The van der Waals surface area contributed by atoms with Gasteiger partial charge in [-0.1, -0.05) is 29.8 Å². The molecule has 2 N–H and O–H groups in total. The lowest BCUT2D eigenvalue weighted by molar-refractivity contribution is 0.631. The molecule has 0 unspecified atom stereocenters. The third-order valence-electron chi connectivity index (χ3n) is 2.68. The molecule has 0 atom stereocenters. The van der Waals surface area contributed by atoms with Gasteiger partial charge < -0.3 is 5.73 Å². The molecule has 0 heterocycles. The Hall–Kier alpha value is -2.05. The minimum Gasteiger partial charge on any atom is -0.396 e. The number of nitrogen functional groups attached to an aromatic ring is 1. The minimum absolute atomic E-state index is 0.0380. The Kier molecular flexibility index (Phi) is 3.50. The number of rotatable bonds is 2. The van der Waals surface area contributed by atoms with Crippen LogP contribution in [0.1, 0.15) is 16.7 Å². The molecule has 0 bridgehead atoms. The van der Waals surface area contributed by atoms with Crippen LogP contribution in [0.4, 0.5) is 10.1 Å². The van der Waals surface area contributed by atoms with Crippen LogP contribution in [-0.2, 0) is 6.42 Å². The van der Waals surface area contributed by atoms with Gasteiger partial charge >= 0.3 is 0 Å². The van der Waals surface area contributed by atoms with Crippen LogP contribution < -0.4 is 5.73 Å². The van der Waals surface area contributed by atoms with Crippen molar-refractivity contribution >= 4 is 17.3 Å². The fraction of sp³-hybridized carbons (Fsp3) is 0.0714. The van der Waals surface area contributed by atoms with Crippen LogP contribution in [-0.4, -0.2) is 0 Å². The standard InChI is InChI=1S/C14H10ClFN2/c15-12-4-2-1-3-9(12)5-10-7-14(18)13(16)6-11(10)8-17/h1-4,6-7H,5,18H2. The van der Waals surface area contributed by atoms with Crippen molar-refractivity contribution in [1.82, 2.24) is 0 Å². The van der Waals surface area contributed by atoms with Gasteiger partial charge in [0.2, 0.25) is 0 Å². The van der Waals surface area contributed by atoms with E-state index in [2.05, 4.69) is 0 Å². The highest BCUT2D eigenvalue weighted by atomic mass is 35.5. The summed E-state index contributed by atoms with van der Waals surface area (Å²) < 4.78 is 13.3. The van der Waals surface area contributed by atoms with E-state index >= 15 is 0 Å². The second kappa shape index (κ2) is 5.07. The maximum atomic E-state index is 13.3. The van der Waals surface area contributed by atoms with Crippen molar-refractivity contribution in [1.29, 1.82) is 5.26 Å². The van der Waals surface area contributed by atoms with Crippen LogP contribution in [0.15, 0.2) is 36.4 Å². The summed E-state index contributed by atoms with van der Waals surface area (Å²) in [5.74, 6) is -0.575. The molecule has 2 nitrogen and oxygen atoms in total. The number of hydrogen-bond acceptors (Lipinski definition) is 2. The molecule has 0 spiro atoms. The zero-order chi connectivity index (χ0) is 13.1. The van der Waals surface area contributed by atoms with Crippen molar-refractivity contribution in [3.63, 3.8) is 0 Å². The van der Waals surface area contributed by atoms with Crippen molar-refractivity contribution in [2.75, 3.05) is 5.73 Å². The molecule has 0 amide bonds. The van der Waals surface area contributed by atoms with E-state index in [1.807, 2.05) is 24.3 Å². The third kappa shape index (κ3) is 2.44. The summed E-state index contributed by atoms with van der Waals surface area (Å²) in [5.41, 5.74) is 7.38. The van der Waals surface area contributed by atoms with Crippen molar-refractivity contribution in [2.24, 2.45) is 0 Å². The minimum atomic E-state index is -0.575. The van der Waals surface area contributed by atoms with Crippen molar-refractivity contribution < 1.29 is 4.39 Å². The zero-order valence-electron chi connectivity index (χ0n) is 9.45. The second-order valence-corrected chi connectivity index (χ2v) is 4.32. The summed E-state index contributed by atoms with van der Waals surface area (Å²) in [6.45, 7) is 0. The molecule has 0 saturated heterocycles. The van der Waals surface area contributed by atoms with Gasteiger partial charge in [-0.2, -0.15) is 5.26 Å². The Morgan fingerprint density at radius 3 is 2.61 bits per heavy atom. The predicted molar refractivity (Wildman–Crippen MR) is 69.8 cm³/mol. The Bertz CT molecular complexity index is 632. The molecule has 2 aromatic rings. The fourth-order valence-electron chi connectivity index (χ4n) is 1.73.